The third-order valence-corrected chi connectivity index (χ3v) is 9.21. The highest BCUT2D eigenvalue weighted by Crippen LogP contribution is 2.35. The molecule has 0 unspecified atom stereocenters. The van der Waals surface area contributed by atoms with Crippen LogP contribution >= 0.6 is 11.3 Å². The highest BCUT2D eigenvalue weighted by atomic mass is 32.2. The van der Waals surface area contributed by atoms with E-state index in [1.54, 1.807) is 40.5 Å². The third-order valence-electron chi connectivity index (χ3n) is 6.21. The van der Waals surface area contributed by atoms with Crippen LogP contribution in [0.2, 0.25) is 0 Å². The van der Waals surface area contributed by atoms with Gasteiger partial charge >= 0.3 is 0 Å². The SMILES string of the molecule is C#Cc1ccc2[nH]c(S(=O)(=O)N3CCN(C(=O)c4cc5c(s4)CCCN5C)CC3)cc2c1. The lowest BCUT2D eigenvalue weighted by Gasteiger charge is -2.33. The van der Waals surface area contributed by atoms with Crippen molar-refractivity contribution in [2.24, 2.45) is 0 Å². The normalized spacial score (nSPS) is 17.4. The second-order valence-corrected chi connectivity index (χ2v) is 11.3. The average molecular weight is 469 g/mol. The van der Waals surface area contributed by atoms with Crippen molar-refractivity contribution >= 4 is 43.9 Å². The number of aromatic amines is 1. The maximum Gasteiger partial charge on any atom is 0.264 e. The first kappa shape index (κ1) is 21.1. The molecule has 32 heavy (non-hydrogen) atoms. The molecule has 1 aromatic carbocycles. The summed E-state index contributed by atoms with van der Waals surface area (Å²) < 4.78 is 27.8. The minimum atomic E-state index is -3.68. The van der Waals surface area contributed by atoms with Gasteiger partial charge in [-0.15, -0.1) is 17.8 Å². The molecule has 3 aromatic rings. The molecular formula is C23H24N4O3S2. The predicted molar refractivity (Wildman–Crippen MR) is 127 cm³/mol. The van der Waals surface area contributed by atoms with Gasteiger partial charge in [-0.05, 0) is 43.2 Å². The maximum absolute atomic E-state index is 13.2. The smallest absolute Gasteiger partial charge is 0.264 e. The number of sulfonamides is 1. The first-order chi connectivity index (χ1) is 15.4. The largest absolute Gasteiger partial charge is 0.374 e. The van der Waals surface area contributed by atoms with E-state index in [9.17, 15) is 13.2 Å². The first-order valence-electron chi connectivity index (χ1n) is 10.6. The fourth-order valence-electron chi connectivity index (χ4n) is 4.39. The van der Waals surface area contributed by atoms with E-state index in [0.717, 1.165) is 40.9 Å². The van der Waals surface area contributed by atoms with Crippen LogP contribution in [0, 0.1) is 12.3 Å². The summed E-state index contributed by atoms with van der Waals surface area (Å²) in [7, 11) is -1.63. The second-order valence-electron chi connectivity index (χ2n) is 8.22. The highest BCUT2D eigenvalue weighted by molar-refractivity contribution is 7.89. The van der Waals surface area contributed by atoms with Gasteiger partial charge in [-0.25, -0.2) is 8.42 Å². The standard InChI is InChI=1S/C23H24N4O3S2/c1-3-16-6-7-18-17(13-16)14-22(24-18)32(29,30)27-11-9-26(10-12-27)23(28)21-15-19-20(31-21)5-4-8-25(19)2/h1,6-7,13-15,24H,4-5,8-12H2,2H3. The number of aromatic nitrogens is 1. The lowest BCUT2D eigenvalue weighted by atomic mass is 10.1. The van der Waals surface area contributed by atoms with Gasteiger partial charge in [0, 0.05) is 61.1 Å². The van der Waals surface area contributed by atoms with Gasteiger partial charge in [-0.3, -0.25) is 4.79 Å². The van der Waals surface area contributed by atoms with Gasteiger partial charge in [0.15, 0.2) is 0 Å². The van der Waals surface area contributed by atoms with Crippen molar-refractivity contribution in [3.63, 3.8) is 0 Å². The van der Waals surface area contributed by atoms with E-state index in [1.807, 2.05) is 6.07 Å². The molecule has 0 saturated carbocycles. The molecule has 7 nitrogen and oxygen atoms in total. The van der Waals surface area contributed by atoms with E-state index in [1.165, 1.54) is 9.18 Å². The van der Waals surface area contributed by atoms with Crippen LogP contribution in [-0.2, 0) is 16.4 Å². The number of benzene rings is 1. The Morgan fingerprint density at radius 2 is 1.91 bits per heavy atom. The molecule has 0 bridgehead atoms. The number of terminal acetylenes is 1. The molecule has 0 radical (unpaired) electrons. The zero-order valence-corrected chi connectivity index (χ0v) is 19.4. The fraction of sp³-hybridized carbons (Fsp3) is 0.348. The summed E-state index contributed by atoms with van der Waals surface area (Å²) in [4.78, 5) is 22.0. The monoisotopic (exact) mass is 468 g/mol. The van der Waals surface area contributed by atoms with Crippen molar-refractivity contribution in [2.45, 2.75) is 17.9 Å². The number of hydrogen-bond donors (Lipinski definition) is 1. The molecule has 1 amide bonds. The van der Waals surface area contributed by atoms with Crippen molar-refractivity contribution in [3.05, 3.63) is 45.6 Å². The maximum atomic E-state index is 13.2. The van der Waals surface area contributed by atoms with Gasteiger partial charge in [0.25, 0.3) is 15.9 Å². The van der Waals surface area contributed by atoms with Gasteiger partial charge in [-0.2, -0.15) is 4.31 Å². The molecule has 4 heterocycles. The molecule has 166 valence electrons. The minimum absolute atomic E-state index is 0.0118. The minimum Gasteiger partial charge on any atom is -0.374 e. The number of aryl methyl sites for hydroxylation is 1. The molecule has 2 aliphatic heterocycles. The Morgan fingerprint density at radius 1 is 1.12 bits per heavy atom. The molecule has 2 aliphatic rings. The van der Waals surface area contributed by atoms with Crippen LogP contribution in [0.3, 0.4) is 0 Å². The number of carbonyl (C=O) groups excluding carboxylic acids is 1. The molecule has 9 heteroatoms. The number of amides is 1. The molecule has 5 rings (SSSR count). The molecule has 0 atom stereocenters. The summed E-state index contributed by atoms with van der Waals surface area (Å²) in [5.41, 5.74) is 2.58. The van der Waals surface area contributed by atoms with E-state index in [4.69, 9.17) is 6.42 Å². The highest BCUT2D eigenvalue weighted by Gasteiger charge is 2.32. The van der Waals surface area contributed by atoms with E-state index in [-0.39, 0.29) is 24.0 Å². The van der Waals surface area contributed by atoms with Crippen molar-refractivity contribution in [1.29, 1.82) is 0 Å². The molecule has 0 aliphatic carbocycles. The molecule has 1 fully saturated rings. The van der Waals surface area contributed by atoms with Crippen LogP contribution in [0.15, 0.2) is 35.4 Å². The predicted octanol–water partition coefficient (Wildman–Crippen LogP) is 2.74. The number of hydrogen-bond acceptors (Lipinski definition) is 5. The Hall–Kier alpha value is -2.80. The van der Waals surface area contributed by atoms with Crippen LogP contribution in [-0.4, -0.2) is 68.3 Å². The molecule has 1 N–H and O–H groups in total. The van der Waals surface area contributed by atoms with Gasteiger partial charge in [0.05, 0.1) is 10.6 Å². The third kappa shape index (κ3) is 3.58. The van der Waals surface area contributed by atoms with E-state index in [2.05, 4.69) is 22.9 Å². The molecular weight excluding hydrogens is 444 g/mol. The van der Waals surface area contributed by atoms with E-state index >= 15 is 0 Å². The van der Waals surface area contributed by atoms with Crippen LogP contribution < -0.4 is 4.90 Å². The lowest BCUT2D eigenvalue weighted by Crippen LogP contribution is -2.50. The number of nitrogens with one attached hydrogen (secondary N) is 1. The fourth-order valence-corrected chi connectivity index (χ4v) is 7.04. The van der Waals surface area contributed by atoms with E-state index in [0.29, 0.717) is 18.7 Å². The Labute approximate surface area is 191 Å². The van der Waals surface area contributed by atoms with Crippen LogP contribution in [0.1, 0.15) is 26.5 Å². The topological polar surface area (TPSA) is 76.7 Å². The number of rotatable bonds is 3. The second kappa shape index (κ2) is 7.96. The van der Waals surface area contributed by atoms with Crippen molar-refractivity contribution < 1.29 is 13.2 Å². The van der Waals surface area contributed by atoms with Crippen molar-refractivity contribution in [1.82, 2.24) is 14.2 Å². The Kier molecular flexibility index (Phi) is 5.24. The number of anilines is 1. The average Bonchev–Trinajstić information content (AvgIpc) is 3.43. The Morgan fingerprint density at radius 3 is 2.62 bits per heavy atom. The number of piperazine rings is 1. The van der Waals surface area contributed by atoms with E-state index < -0.39 is 10.0 Å². The summed E-state index contributed by atoms with van der Waals surface area (Å²) in [5.74, 6) is 2.55. The molecule has 2 aromatic heterocycles. The summed E-state index contributed by atoms with van der Waals surface area (Å²) in [5, 5.41) is 0.912. The quantitative estimate of drug-likeness (QED) is 0.600. The summed E-state index contributed by atoms with van der Waals surface area (Å²) in [6.45, 7) is 2.29. The van der Waals surface area contributed by atoms with Gasteiger partial charge in [0.2, 0.25) is 0 Å². The van der Waals surface area contributed by atoms with Crippen LogP contribution in [0.4, 0.5) is 5.69 Å². The summed E-state index contributed by atoms with van der Waals surface area (Å²) in [6.07, 6.45) is 7.56. The van der Waals surface area contributed by atoms with Gasteiger partial charge < -0.3 is 14.8 Å². The van der Waals surface area contributed by atoms with Crippen molar-refractivity contribution in [3.8, 4) is 12.3 Å². The molecule has 1 saturated heterocycles. The van der Waals surface area contributed by atoms with Crippen molar-refractivity contribution in [2.75, 3.05) is 44.7 Å². The number of carbonyl (C=O) groups is 1. The molecule has 0 spiro atoms. The van der Waals surface area contributed by atoms with Gasteiger partial charge in [-0.1, -0.05) is 5.92 Å². The number of fused-ring (bicyclic) bond motifs is 2. The number of nitrogens with zero attached hydrogens (tertiary/aromatic N) is 3. The summed E-state index contributed by atoms with van der Waals surface area (Å²) >= 11 is 1.57. The Balaban J connectivity index is 1.30. The number of thiophene rings is 1. The zero-order valence-electron chi connectivity index (χ0n) is 17.8. The lowest BCUT2D eigenvalue weighted by molar-refractivity contribution is 0.0702. The Bertz CT molecular complexity index is 1340. The van der Waals surface area contributed by atoms with Crippen LogP contribution in [0.25, 0.3) is 10.9 Å². The van der Waals surface area contributed by atoms with Gasteiger partial charge in [0.1, 0.15) is 5.03 Å². The summed E-state index contributed by atoms with van der Waals surface area (Å²) in [6, 6.07) is 8.97. The zero-order chi connectivity index (χ0) is 22.5. The first-order valence-corrected chi connectivity index (χ1v) is 12.8. The van der Waals surface area contributed by atoms with Crippen LogP contribution in [0.5, 0.6) is 0 Å². The number of H-pyrrole nitrogens is 1.